The SMILES string of the molecule is CC(C(=O)NCc1nc(C(C)(C)C)nn1-c1cccc(Cl)c1)c1ccc2c(c1)OCO2. The standard InChI is InChI=1S/C23H25ClN4O3/c1-14(15-8-9-18-19(10-15)31-13-30-18)21(29)25-12-20-26-22(23(2,3)4)27-28(20)17-7-5-6-16(24)11-17/h5-11,14H,12-13H2,1-4H3,(H,25,29). The van der Waals surface area contributed by atoms with Gasteiger partial charge in [-0.25, -0.2) is 9.67 Å². The van der Waals surface area contributed by atoms with Gasteiger partial charge in [0.25, 0.3) is 0 Å². The first-order valence-electron chi connectivity index (χ1n) is 10.1. The Hall–Kier alpha value is -3.06. The van der Waals surface area contributed by atoms with E-state index in [1.165, 1.54) is 0 Å². The highest BCUT2D eigenvalue weighted by atomic mass is 35.5. The lowest BCUT2D eigenvalue weighted by Crippen LogP contribution is -2.28. The Morgan fingerprint density at radius 1 is 1.19 bits per heavy atom. The molecule has 0 spiro atoms. The Labute approximate surface area is 186 Å². The normalized spacial score (nSPS) is 13.8. The van der Waals surface area contributed by atoms with Crippen LogP contribution in [-0.2, 0) is 16.8 Å². The van der Waals surface area contributed by atoms with Crippen molar-refractivity contribution in [1.82, 2.24) is 20.1 Å². The van der Waals surface area contributed by atoms with Gasteiger partial charge in [-0.15, -0.1) is 0 Å². The highest BCUT2D eigenvalue weighted by molar-refractivity contribution is 6.30. The van der Waals surface area contributed by atoms with Crippen molar-refractivity contribution < 1.29 is 14.3 Å². The van der Waals surface area contributed by atoms with Gasteiger partial charge in [0, 0.05) is 10.4 Å². The van der Waals surface area contributed by atoms with E-state index < -0.39 is 0 Å². The Bertz CT molecular complexity index is 1120. The van der Waals surface area contributed by atoms with E-state index >= 15 is 0 Å². The lowest BCUT2D eigenvalue weighted by atomic mass is 9.96. The Morgan fingerprint density at radius 2 is 1.97 bits per heavy atom. The molecule has 1 amide bonds. The van der Waals surface area contributed by atoms with E-state index in [2.05, 4.69) is 31.2 Å². The Morgan fingerprint density at radius 3 is 2.71 bits per heavy atom. The number of ether oxygens (including phenoxy) is 2. The minimum atomic E-state index is -0.362. The highest BCUT2D eigenvalue weighted by Gasteiger charge is 2.24. The van der Waals surface area contributed by atoms with Crippen LogP contribution >= 0.6 is 11.6 Å². The molecule has 4 rings (SSSR count). The lowest BCUT2D eigenvalue weighted by molar-refractivity contribution is -0.122. The van der Waals surface area contributed by atoms with Crippen LogP contribution in [0, 0.1) is 0 Å². The lowest BCUT2D eigenvalue weighted by Gasteiger charge is -2.13. The minimum Gasteiger partial charge on any atom is -0.454 e. The van der Waals surface area contributed by atoms with Gasteiger partial charge in [-0.2, -0.15) is 5.10 Å². The van der Waals surface area contributed by atoms with E-state index in [1.807, 2.05) is 43.3 Å². The van der Waals surface area contributed by atoms with Crippen molar-refractivity contribution in [3.05, 3.63) is 64.7 Å². The minimum absolute atomic E-state index is 0.114. The zero-order valence-corrected chi connectivity index (χ0v) is 18.7. The monoisotopic (exact) mass is 440 g/mol. The van der Waals surface area contributed by atoms with Gasteiger partial charge in [0.15, 0.2) is 23.1 Å². The number of carbonyl (C=O) groups is 1. The molecule has 1 aliphatic heterocycles. The van der Waals surface area contributed by atoms with Crippen LogP contribution in [0.3, 0.4) is 0 Å². The number of amides is 1. The summed E-state index contributed by atoms with van der Waals surface area (Å²) in [6.07, 6.45) is 0. The molecule has 2 heterocycles. The van der Waals surface area contributed by atoms with E-state index in [1.54, 1.807) is 10.7 Å². The summed E-state index contributed by atoms with van der Waals surface area (Å²) in [6, 6.07) is 13.0. The summed E-state index contributed by atoms with van der Waals surface area (Å²) in [5.41, 5.74) is 1.42. The number of benzene rings is 2. The van der Waals surface area contributed by atoms with Gasteiger partial charge in [-0.05, 0) is 42.8 Å². The fourth-order valence-corrected chi connectivity index (χ4v) is 3.43. The number of aromatic nitrogens is 3. The number of hydrogen-bond acceptors (Lipinski definition) is 5. The van der Waals surface area contributed by atoms with Crippen LogP contribution in [0.2, 0.25) is 5.02 Å². The predicted octanol–water partition coefficient (Wildman–Crippen LogP) is 4.37. The van der Waals surface area contributed by atoms with Crippen molar-refractivity contribution >= 4 is 17.5 Å². The summed E-state index contributed by atoms with van der Waals surface area (Å²) in [6.45, 7) is 8.45. The van der Waals surface area contributed by atoms with Gasteiger partial charge in [-0.1, -0.05) is 44.5 Å². The smallest absolute Gasteiger partial charge is 0.231 e. The van der Waals surface area contributed by atoms with E-state index in [9.17, 15) is 4.79 Å². The molecule has 31 heavy (non-hydrogen) atoms. The number of rotatable bonds is 5. The second-order valence-electron chi connectivity index (χ2n) is 8.55. The van der Waals surface area contributed by atoms with Crippen LogP contribution in [0.1, 0.15) is 50.8 Å². The third kappa shape index (κ3) is 4.51. The van der Waals surface area contributed by atoms with Crippen molar-refractivity contribution in [3.8, 4) is 17.2 Å². The zero-order valence-electron chi connectivity index (χ0n) is 18.0. The number of nitrogens with zero attached hydrogens (tertiary/aromatic N) is 3. The van der Waals surface area contributed by atoms with Crippen LogP contribution in [0.25, 0.3) is 5.69 Å². The third-order valence-corrected chi connectivity index (χ3v) is 5.34. The molecular weight excluding hydrogens is 416 g/mol. The van der Waals surface area contributed by atoms with E-state index in [4.69, 9.17) is 26.1 Å². The highest BCUT2D eigenvalue weighted by Crippen LogP contribution is 2.34. The maximum absolute atomic E-state index is 12.9. The van der Waals surface area contributed by atoms with Crippen LogP contribution in [0.5, 0.6) is 11.5 Å². The van der Waals surface area contributed by atoms with Crippen LogP contribution in [-0.4, -0.2) is 27.5 Å². The molecule has 1 unspecified atom stereocenters. The molecular formula is C23H25ClN4O3. The molecule has 0 aliphatic carbocycles. The molecule has 1 aliphatic rings. The number of halogens is 1. The fourth-order valence-electron chi connectivity index (χ4n) is 3.24. The van der Waals surface area contributed by atoms with Gasteiger partial charge < -0.3 is 14.8 Å². The quantitative estimate of drug-likeness (QED) is 0.637. The summed E-state index contributed by atoms with van der Waals surface area (Å²) >= 11 is 6.17. The molecule has 2 aromatic carbocycles. The predicted molar refractivity (Wildman–Crippen MR) is 118 cm³/mol. The summed E-state index contributed by atoms with van der Waals surface area (Å²) in [5, 5.41) is 8.27. The van der Waals surface area contributed by atoms with Crippen molar-refractivity contribution in [2.45, 2.75) is 45.6 Å². The number of nitrogens with one attached hydrogen (secondary N) is 1. The summed E-state index contributed by atoms with van der Waals surface area (Å²) in [4.78, 5) is 17.6. The Balaban J connectivity index is 1.54. The number of fused-ring (bicyclic) bond motifs is 1. The van der Waals surface area contributed by atoms with E-state index in [-0.39, 0.29) is 30.6 Å². The van der Waals surface area contributed by atoms with Crippen molar-refractivity contribution in [3.63, 3.8) is 0 Å². The van der Waals surface area contributed by atoms with Gasteiger partial charge in [-0.3, -0.25) is 4.79 Å². The Kier molecular flexibility index (Phi) is 5.62. The molecule has 1 N–H and O–H groups in total. The first-order chi connectivity index (χ1) is 14.7. The molecule has 7 nitrogen and oxygen atoms in total. The first kappa shape index (κ1) is 21.2. The molecule has 162 valence electrons. The van der Waals surface area contributed by atoms with E-state index in [0.29, 0.717) is 28.2 Å². The molecule has 0 saturated heterocycles. The molecule has 0 saturated carbocycles. The molecule has 0 fully saturated rings. The fraction of sp³-hybridized carbons (Fsp3) is 0.348. The summed E-state index contributed by atoms with van der Waals surface area (Å²) in [5.74, 6) is 2.21. The van der Waals surface area contributed by atoms with Crippen LogP contribution < -0.4 is 14.8 Å². The zero-order chi connectivity index (χ0) is 22.2. The summed E-state index contributed by atoms with van der Waals surface area (Å²) < 4.78 is 12.5. The van der Waals surface area contributed by atoms with Crippen LogP contribution in [0.4, 0.5) is 0 Å². The summed E-state index contributed by atoms with van der Waals surface area (Å²) in [7, 11) is 0. The molecule has 8 heteroatoms. The van der Waals surface area contributed by atoms with Crippen LogP contribution in [0.15, 0.2) is 42.5 Å². The van der Waals surface area contributed by atoms with Gasteiger partial charge in [0.05, 0.1) is 18.2 Å². The average molecular weight is 441 g/mol. The average Bonchev–Trinajstić information content (AvgIpc) is 3.37. The van der Waals surface area contributed by atoms with Crippen molar-refractivity contribution in [2.24, 2.45) is 0 Å². The second kappa shape index (κ2) is 8.23. The van der Waals surface area contributed by atoms with Crippen molar-refractivity contribution in [1.29, 1.82) is 0 Å². The molecule has 0 bridgehead atoms. The molecule has 3 aromatic rings. The maximum atomic E-state index is 12.9. The van der Waals surface area contributed by atoms with Gasteiger partial charge in [0.2, 0.25) is 12.7 Å². The van der Waals surface area contributed by atoms with Gasteiger partial charge in [0.1, 0.15) is 0 Å². The molecule has 1 atom stereocenters. The number of carbonyl (C=O) groups excluding carboxylic acids is 1. The third-order valence-electron chi connectivity index (χ3n) is 5.11. The topological polar surface area (TPSA) is 78.3 Å². The first-order valence-corrected chi connectivity index (χ1v) is 10.5. The second-order valence-corrected chi connectivity index (χ2v) is 8.98. The van der Waals surface area contributed by atoms with Crippen molar-refractivity contribution in [2.75, 3.05) is 6.79 Å². The van der Waals surface area contributed by atoms with E-state index in [0.717, 1.165) is 11.3 Å². The largest absolute Gasteiger partial charge is 0.454 e. The molecule has 0 radical (unpaired) electrons. The maximum Gasteiger partial charge on any atom is 0.231 e. The number of hydrogen-bond donors (Lipinski definition) is 1. The van der Waals surface area contributed by atoms with Gasteiger partial charge >= 0.3 is 0 Å². The molecule has 1 aromatic heterocycles.